The first-order valence-corrected chi connectivity index (χ1v) is 11.7. The number of ether oxygens (including phenoxy) is 1. The number of nitrogens with zero attached hydrogens (tertiary/aromatic N) is 5. The molecule has 1 spiro atoms. The fraction of sp³-hybridized carbons (Fsp3) is 0.440. The summed E-state index contributed by atoms with van der Waals surface area (Å²) in [6.45, 7) is 12.9. The molecule has 0 unspecified atom stereocenters. The van der Waals surface area contributed by atoms with Crippen molar-refractivity contribution in [2.75, 3.05) is 42.9 Å². The van der Waals surface area contributed by atoms with Crippen LogP contribution in [0.15, 0.2) is 43.1 Å². The van der Waals surface area contributed by atoms with Crippen LogP contribution >= 0.6 is 0 Å². The summed E-state index contributed by atoms with van der Waals surface area (Å²) in [7, 11) is 0. The fourth-order valence-electron chi connectivity index (χ4n) is 5.10. The lowest BCUT2D eigenvalue weighted by Gasteiger charge is -2.60. The standard InChI is InChI=1S/C25H30N6O3/c1-4-21(32)30-15-25(16-30)13-29(14-25)11-18-6-8-19(9-7-18)17(3)27-23-26-10-20-12-34-24(33)31(5-2)22(20)28-23/h4,6-10,17H,1,5,11-16H2,2-3H3,(H,26,27,28)/t17-/m0/s1. The SMILES string of the molecule is C=CC(=O)N1CC2(CN(Cc3ccc([C@H](C)Nc4ncc5c(n4)N(CC)C(=O)OC5)cc3)C2)C1. The van der Waals surface area contributed by atoms with Crippen molar-refractivity contribution in [2.45, 2.75) is 33.0 Å². The summed E-state index contributed by atoms with van der Waals surface area (Å²) < 4.78 is 5.15. The summed E-state index contributed by atoms with van der Waals surface area (Å²) in [6, 6.07) is 8.59. The molecule has 9 heteroatoms. The van der Waals surface area contributed by atoms with E-state index in [9.17, 15) is 9.59 Å². The van der Waals surface area contributed by atoms with Crippen LogP contribution in [-0.4, -0.2) is 64.5 Å². The van der Waals surface area contributed by atoms with Gasteiger partial charge in [-0.3, -0.25) is 14.6 Å². The topological polar surface area (TPSA) is 90.9 Å². The third-order valence-corrected chi connectivity index (χ3v) is 6.87. The molecule has 0 saturated carbocycles. The van der Waals surface area contributed by atoms with E-state index in [1.54, 1.807) is 6.20 Å². The number of benzene rings is 1. The summed E-state index contributed by atoms with van der Waals surface area (Å²) >= 11 is 0. The molecule has 0 aliphatic carbocycles. The van der Waals surface area contributed by atoms with Gasteiger partial charge in [-0.25, -0.2) is 9.78 Å². The van der Waals surface area contributed by atoms with E-state index in [1.807, 2.05) is 11.8 Å². The van der Waals surface area contributed by atoms with E-state index in [0.717, 1.165) is 43.9 Å². The van der Waals surface area contributed by atoms with Crippen molar-refractivity contribution in [3.05, 3.63) is 59.8 Å². The number of cyclic esters (lactones) is 1. The first-order valence-electron chi connectivity index (χ1n) is 11.7. The Morgan fingerprint density at radius 1 is 1.26 bits per heavy atom. The largest absolute Gasteiger partial charge is 0.444 e. The Bertz CT molecular complexity index is 1100. The second kappa shape index (κ2) is 8.72. The molecule has 3 aliphatic heterocycles. The molecule has 1 atom stereocenters. The maximum Gasteiger partial charge on any atom is 0.415 e. The van der Waals surface area contributed by atoms with Crippen molar-refractivity contribution in [1.82, 2.24) is 19.8 Å². The zero-order valence-electron chi connectivity index (χ0n) is 19.7. The van der Waals surface area contributed by atoms with Gasteiger partial charge >= 0.3 is 6.09 Å². The summed E-state index contributed by atoms with van der Waals surface area (Å²) in [5.41, 5.74) is 3.50. The molecule has 34 heavy (non-hydrogen) atoms. The first kappa shape index (κ1) is 22.3. The van der Waals surface area contributed by atoms with Crippen LogP contribution in [0.1, 0.15) is 36.6 Å². The maximum absolute atomic E-state index is 12.0. The number of rotatable bonds is 7. The second-order valence-electron chi connectivity index (χ2n) is 9.49. The molecule has 1 aromatic carbocycles. The van der Waals surface area contributed by atoms with Crippen LogP contribution < -0.4 is 10.2 Å². The van der Waals surface area contributed by atoms with Crippen molar-refractivity contribution in [3.8, 4) is 0 Å². The Kier molecular flexibility index (Phi) is 5.73. The maximum atomic E-state index is 12.0. The van der Waals surface area contributed by atoms with Crippen molar-refractivity contribution in [1.29, 1.82) is 0 Å². The van der Waals surface area contributed by atoms with Crippen LogP contribution in [0, 0.1) is 5.41 Å². The monoisotopic (exact) mass is 462 g/mol. The third-order valence-electron chi connectivity index (χ3n) is 6.87. The number of carbonyl (C=O) groups excluding carboxylic acids is 2. The molecule has 0 radical (unpaired) electrons. The lowest BCUT2D eigenvalue weighted by atomic mass is 9.72. The predicted molar refractivity (Wildman–Crippen MR) is 128 cm³/mol. The Morgan fingerprint density at radius 3 is 2.68 bits per heavy atom. The number of fused-ring (bicyclic) bond motifs is 1. The summed E-state index contributed by atoms with van der Waals surface area (Å²) in [5.74, 6) is 1.13. The highest BCUT2D eigenvalue weighted by Crippen LogP contribution is 2.40. The summed E-state index contributed by atoms with van der Waals surface area (Å²) in [6.07, 6.45) is 2.73. The minimum atomic E-state index is -0.378. The van der Waals surface area contributed by atoms with Crippen molar-refractivity contribution < 1.29 is 14.3 Å². The average Bonchev–Trinajstić information content (AvgIpc) is 2.79. The van der Waals surface area contributed by atoms with Gasteiger partial charge in [0.05, 0.1) is 11.6 Å². The Labute approximate surface area is 199 Å². The van der Waals surface area contributed by atoms with E-state index in [1.165, 1.54) is 16.5 Å². The minimum Gasteiger partial charge on any atom is -0.444 e. The number of amides is 2. The van der Waals surface area contributed by atoms with Crippen LogP contribution in [0.2, 0.25) is 0 Å². The molecule has 178 valence electrons. The molecular weight excluding hydrogens is 432 g/mol. The van der Waals surface area contributed by atoms with Gasteiger partial charge in [-0.1, -0.05) is 30.8 Å². The number of aromatic nitrogens is 2. The average molecular weight is 463 g/mol. The molecule has 4 heterocycles. The van der Waals surface area contributed by atoms with Crippen molar-refractivity contribution in [3.63, 3.8) is 0 Å². The molecule has 2 saturated heterocycles. The lowest BCUT2D eigenvalue weighted by Crippen LogP contribution is -2.72. The van der Waals surface area contributed by atoms with Crippen LogP contribution in [0.25, 0.3) is 0 Å². The molecule has 9 nitrogen and oxygen atoms in total. The van der Waals surface area contributed by atoms with E-state index in [-0.39, 0.29) is 30.1 Å². The molecule has 3 aliphatic rings. The molecule has 5 rings (SSSR count). The zero-order chi connectivity index (χ0) is 23.9. The van der Waals surface area contributed by atoms with Crippen LogP contribution in [0.3, 0.4) is 0 Å². The highest BCUT2D eigenvalue weighted by molar-refractivity contribution is 5.89. The number of likely N-dealkylation sites (tertiary alicyclic amines) is 2. The van der Waals surface area contributed by atoms with Gasteiger partial charge in [0.15, 0.2) is 0 Å². The Morgan fingerprint density at radius 2 is 2.00 bits per heavy atom. The number of hydrogen-bond acceptors (Lipinski definition) is 7. The van der Waals surface area contributed by atoms with Crippen LogP contribution in [-0.2, 0) is 22.7 Å². The number of hydrogen-bond donors (Lipinski definition) is 1. The molecule has 1 aromatic heterocycles. The smallest absolute Gasteiger partial charge is 0.415 e. The van der Waals surface area contributed by atoms with E-state index >= 15 is 0 Å². The summed E-state index contributed by atoms with van der Waals surface area (Å²) in [5, 5.41) is 3.34. The van der Waals surface area contributed by atoms with Gasteiger partial charge < -0.3 is 15.0 Å². The van der Waals surface area contributed by atoms with Gasteiger partial charge in [-0.2, -0.15) is 4.98 Å². The molecule has 2 fully saturated rings. The van der Waals surface area contributed by atoms with Crippen molar-refractivity contribution >= 4 is 23.8 Å². The molecule has 1 N–H and O–H groups in total. The van der Waals surface area contributed by atoms with Crippen molar-refractivity contribution in [2.24, 2.45) is 5.41 Å². The Balaban J connectivity index is 1.15. The predicted octanol–water partition coefficient (Wildman–Crippen LogP) is 2.96. The van der Waals surface area contributed by atoms with Gasteiger partial charge in [0.25, 0.3) is 0 Å². The van der Waals surface area contributed by atoms with Gasteiger partial charge in [0.2, 0.25) is 11.9 Å². The molecule has 0 bridgehead atoms. The quantitative estimate of drug-likeness (QED) is 0.633. The Hall–Kier alpha value is -3.46. The molecule has 2 aromatic rings. The van der Waals surface area contributed by atoms with Gasteiger partial charge in [-0.05, 0) is 31.1 Å². The summed E-state index contributed by atoms with van der Waals surface area (Å²) in [4.78, 5) is 38.4. The normalized spacial score (nSPS) is 19.5. The number of anilines is 2. The van der Waals surface area contributed by atoms with E-state index in [0.29, 0.717) is 18.3 Å². The van der Waals surface area contributed by atoms with Crippen LogP contribution in [0.4, 0.5) is 16.6 Å². The van der Waals surface area contributed by atoms with Gasteiger partial charge in [0, 0.05) is 50.9 Å². The second-order valence-corrected chi connectivity index (χ2v) is 9.49. The zero-order valence-corrected chi connectivity index (χ0v) is 19.7. The lowest BCUT2D eigenvalue weighted by molar-refractivity contribution is -0.154. The van der Waals surface area contributed by atoms with Gasteiger partial charge in [-0.15, -0.1) is 0 Å². The molecular formula is C25H30N6O3. The minimum absolute atomic E-state index is 0.00773. The third kappa shape index (κ3) is 4.11. The highest BCUT2D eigenvalue weighted by atomic mass is 16.6. The number of carbonyl (C=O) groups is 2. The number of nitrogens with one attached hydrogen (secondary N) is 1. The fourth-order valence-corrected chi connectivity index (χ4v) is 5.10. The highest BCUT2D eigenvalue weighted by Gasteiger charge is 2.52. The first-order chi connectivity index (χ1) is 16.4. The van der Waals surface area contributed by atoms with E-state index in [4.69, 9.17) is 4.74 Å². The van der Waals surface area contributed by atoms with Crippen LogP contribution in [0.5, 0.6) is 0 Å². The van der Waals surface area contributed by atoms with E-state index in [2.05, 4.69) is 58.0 Å². The van der Waals surface area contributed by atoms with Gasteiger partial charge in [0.1, 0.15) is 12.4 Å². The van der Waals surface area contributed by atoms with E-state index < -0.39 is 0 Å². The molecule has 2 amide bonds.